The molecular weight excluding hydrogens is 442 g/mol. The van der Waals surface area contributed by atoms with Crippen LogP contribution in [0.5, 0.6) is 0 Å². The fourth-order valence-corrected chi connectivity index (χ4v) is 4.56. The first-order chi connectivity index (χ1) is 14.5. The van der Waals surface area contributed by atoms with Crippen molar-refractivity contribution in [1.82, 2.24) is 14.9 Å². The van der Waals surface area contributed by atoms with Crippen molar-refractivity contribution >= 4 is 17.5 Å². The maximum absolute atomic E-state index is 13.7. The molecule has 2 bridgehead atoms. The Bertz CT molecular complexity index is 975. The second-order valence-electron chi connectivity index (χ2n) is 8.27. The lowest BCUT2D eigenvalue weighted by Gasteiger charge is -2.70. The van der Waals surface area contributed by atoms with Crippen LogP contribution in [0.1, 0.15) is 26.2 Å². The van der Waals surface area contributed by atoms with Gasteiger partial charge in [0.1, 0.15) is 12.4 Å². The Kier molecular flexibility index (Phi) is 5.51. The Morgan fingerprint density at radius 3 is 2.71 bits per heavy atom. The van der Waals surface area contributed by atoms with Crippen LogP contribution in [0.15, 0.2) is 30.7 Å². The predicted molar refractivity (Wildman–Crippen MR) is 103 cm³/mol. The van der Waals surface area contributed by atoms with Gasteiger partial charge in [0.05, 0.1) is 35.3 Å². The third-order valence-electron chi connectivity index (χ3n) is 5.67. The molecule has 31 heavy (non-hydrogen) atoms. The van der Waals surface area contributed by atoms with Crippen molar-refractivity contribution in [2.45, 2.75) is 49.7 Å². The number of hydrogen-bond acceptors (Lipinski definition) is 4. The maximum Gasteiger partial charge on any atom is 0.522 e. The van der Waals surface area contributed by atoms with E-state index >= 15 is 0 Å². The van der Waals surface area contributed by atoms with Gasteiger partial charge in [0, 0.05) is 17.3 Å². The molecule has 1 heterocycles. The van der Waals surface area contributed by atoms with Gasteiger partial charge in [-0.05, 0) is 38.3 Å². The fourth-order valence-electron chi connectivity index (χ4n) is 4.44. The molecule has 3 fully saturated rings. The van der Waals surface area contributed by atoms with Crippen LogP contribution < -0.4 is 5.32 Å². The van der Waals surface area contributed by atoms with E-state index in [1.54, 1.807) is 12.4 Å². The van der Waals surface area contributed by atoms with E-state index in [2.05, 4.69) is 15.0 Å². The van der Waals surface area contributed by atoms with Crippen LogP contribution in [-0.4, -0.2) is 46.7 Å². The van der Waals surface area contributed by atoms with Crippen molar-refractivity contribution in [3.05, 3.63) is 41.6 Å². The summed E-state index contributed by atoms with van der Waals surface area (Å²) in [6.07, 6.45) is -0.259. The summed E-state index contributed by atoms with van der Waals surface area (Å²) in [5.41, 5.74) is 0.781. The van der Waals surface area contributed by atoms with Crippen LogP contribution in [-0.2, 0) is 19.8 Å². The Morgan fingerprint density at radius 1 is 1.35 bits per heavy atom. The molecule has 3 aliphatic carbocycles. The van der Waals surface area contributed by atoms with Crippen LogP contribution in [0.3, 0.4) is 0 Å². The minimum absolute atomic E-state index is 0.0478. The number of nitrogens with zero attached hydrogens (tertiary/aromatic N) is 2. The summed E-state index contributed by atoms with van der Waals surface area (Å²) in [5.74, 6) is -0.891. The van der Waals surface area contributed by atoms with Crippen LogP contribution in [0.4, 0.5) is 17.6 Å². The summed E-state index contributed by atoms with van der Waals surface area (Å²) in [4.78, 5) is 16.4. The molecule has 11 heteroatoms. The minimum atomic E-state index is -4.74. The maximum atomic E-state index is 13.7. The number of nitrogens with one attached hydrogen (secondary N) is 1. The molecule has 0 aliphatic heterocycles. The molecule has 6 nitrogen and oxygen atoms in total. The number of carbonyl (C=O) groups excluding carboxylic acids is 1. The second-order valence-corrected chi connectivity index (χ2v) is 8.67. The van der Waals surface area contributed by atoms with Gasteiger partial charge in [-0.25, -0.2) is 9.37 Å². The predicted octanol–water partition coefficient (Wildman–Crippen LogP) is 4.03. The molecule has 2 aromatic rings. The third kappa shape index (κ3) is 4.56. The van der Waals surface area contributed by atoms with E-state index in [1.165, 1.54) is 19.1 Å². The molecule has 0 unspecified atom stereocenters. The highest BCUT2D eigenvalue weighted by atomic mass is 35.5. The summed E-state index contributed by atoms with van der Waals surface area (Å²) in [6.45, 7) is 0.540. The monoisotopic (exact) mass is 461 g/mol. The van der Waals surface area contributed by atoms with Crippen molar-refractivity contribution in [3.8, 4) is 11.3 Å². The lowest BCUT2D eigenvalue weighted by molar-refractivity contribution is -0.343. The van der Waals surface area contributed by atoms with E-state index in [0.29, 0.717) is 30.5 Å². The summed E-state index contributed by atoms with van der Waals surface area (Å²) in [7, 11) is 0. The number of carbonyl (C=O) groups is 1. The van der Waals surface area contributed by atoms with Gasteiger partial charge in [0.25, 0.3) is 0 Å². The summed E-state index contributed by atoms with van der Waals surface area (Å²) in [5, 5.41) is 2.95. The first-order valence-corrected chi connectivity index (χ1v) is 10.0. The number of halogens is 5. The zero-order valence-corrected chi connectivity index (χ0v) is 17.3. The summed E-state index contributed by atoms with van der Waals surface area (Å²) < 4.78 is 60.8. The van der Waals surface area contributed by atoms with Crippen molar-refractivity contribution in [3.63, 3.8) is 0 Å². The SMILES string of the molecule is C[C@@H](COCC(=O)NC12CC(n3cnc(-c4ccc(Cl)c(F)c4)c3)(C1)C2)OC(F)(F)F. The van der Waals surface area contributed by atoms with Crippen LogP contribution in [0, 0.1) is 5.82 Å². The van der Waals surface area contributed by atoms with Crippen LogP contribution in [0.2, 0.25) is 5.02 Å². The molecule has 3 aliphatic rings. The van der Waals surface area contributed by atoms with Crippen molar-refractivity contribution in [2.24, 2.45) is 0 Å². The number of aromatic nitrogens is 2. The lowest BCUT2D eigenvalue weighted by Crippen LogP contribution is -2.78. The number of alkyl halides is 3. The van der Waals surface area contributed by atoms with E-state index < -0.39 is 18.3 Å². The van der Waals surface area contributed by atoms with Gasteiger partial charge in [-0.2, -0.15) is 0 Å². The number of rotatable bonds is 8. The second kappa shape index (κ2) is 7.75. The van der Waals surface area contributed by atoms with Crippen LogP contribution in [0.25, 0.3) is 11.3 Å². The largest absolute Gasteiger partial charge is 0.522 e. The molecule has 0 saturated heterocycles. The highest BCUT2D eigenvalue weighted by Gasteiger charge is 2.69. The fraction of sp³-hybridized carbons (Fsp3) is 0.500. The molecule has 1 aromatic carbocycles. The standard InChI is InChI=1S/C20H20ClF4N3O3/c1-12(31-20(23,24)25)6-30-7-17(29)27-18-8-19(9-18,10-18)28-5-16(26-11-28)13-2-3-14(21)15(22)4-13/h2-5,11-12H,6-10H2,1H3,(H,27,29)/t12-,18?,19?/m0/s1. The van der Waals surface area contributed by atoms with Gasteiger partial charge >= 0.3 is 6.36 Å². The van der Waals surface area contributed by atoms with Gasteiger partial charge in [0.15, 0.2) is 0 Å². The first-order valence-electron chi connectivity index (χ1n) is 9.63. The van der Waals surface area contributed by atoms with Crippen molar-refractivity contribution in [1.29, 1.82) is 0 Å². The zero-order chi connectivity index (χ0) is 22.4. The normalized spacial score (nSPS) is 25.5. The molecule has 3 saturated carbocycles. The van der Waals surface area contributed by atoms with Gasteiger partial charge in [-0.1, -0.05) is 17.7 Å². The zero-order valence-electron chi connectivity index (χ0n) is 16.5. The molecule has 1 aromatic heterocycles. The average Bonchev–Trinajstić information content (AvgIpc) is 3.07. The number of benzene rings is 1. The van der Waals surface area contributed by atoms with Crippen LogP contribution >= 0.6 is 11.6 Å². The van der Waals surface area contributed by atoms with Crippen molar-refractivity contribution < 1.29 is 31.8 Å². The number of amides is 1. The van der Waals surface area contributed by atoms with Gasteiger partial charge in [0.2, 0.25) is 5.91 Å². The molecule has 1 amide bonds. The summed E-state index contributed by atoms with van der Waals surface area (Å²) >= 11 is 5.72. The molecule has 0 radical (unpaired) electrons. The molecule has 1 atom stereocenters. The highest BCUT2D eigenvalue weighted by Crippen LogP contribution is 2.65. The Morgan fingerprint density at radius 2 is 2.06 bits per heavy atom. The molecule has 0 spiro atoms. The topological polar surface area (TPSA) is 65.4 Å². The Hall–Kier alpha value is -2.17. The Labute approximate surface area is 180 Å². The smallest absolute Gasteiger partial charge is 0.369 e. The van der Waals surface area contributed by atoms with E-state index in [0.717, 1.165) is 0 Å². The average molecular weight is 462 g/mol. The van der Waals surface area contributed by atoms with Gasteiger partial charge in [-0.3, -0.25) is 9.53 Å². The summed E-state index contributed by atoms with van der Waals surface area (Å²) in [6, 6.07) is 4.51. The number of ether oxygens (including phenoxy) is 2. The van der Waals surface area contributed by atoms with E-state index in [-0.39, 0.29) is 35.2 Å². The lowest BCUT2D eigenvalue weighted by atomic mass is 9.44. The Balaban J connectivity index is 1.25. The number of imidazole rings is 1. The minimum Gasteiger partial charge on any atom is -0.369 e. The quantitative estimate of drug-likeness (QED) is 0.603. The van der Waals surface area contributed by atoms with E-state index in [4.69, 9.17) is 16.3 Å². The van der Waals surface area contributed by atoms with Gasteiger partial charge in [-0.15, -0.1) is 13.2 Å². The van der Waals surface area contributed by atoms with Gasteiger partial charge < -0.3 is 14.6 Å². The first kappa shape index (κ1) is 22.0. The number of hydrogen-bond donors (Lipinski definition) is 1. The van der Waals surface area contributed by atoms with E-state index in [9.17, 15) is 22.4 Å². The van der Waals surface area contributed by atoms with E-state index in [1.807, 2.05) is 10.8 Å². The third-order valence-corrected chi connectivity index (χ3v) is 5.98. The molecular formula is C20H20ClF4N3O3. The van der Waals surface area contributed by atoms with Crippen molar-refractivity contribution in [2.75, 3.05) is 13.2 Å². The molecule has 168 valence electrons. The molecule has 1 N–H and O–H groups in total. The molecule has 5 rings (SSSR count). The highest BCUT2D eigenvalue weighted by molar-refractivity contribution is 6.30.